The summed E-state index contributed by atoms with van der Waals surface area (Å²) in [4.78, 5) is 16.6. The number of fused-ring (bicyclic) bond motifs is 1. The molecule has 4 aromatic rings. The molecule has 0 spiro atoms. The second-order valence-electron chi connectivity index (χ2n) is 9.48. The number of nitrogens with zero attached hydrogens (tertiary/aromatic N) is 5. The number of aromatic amines is 1. The van der Waals surface area contributed by atoms with Gasteiger partial charge in [0.05, 0.1) is 11.4 Å². The molecule has 0 amide bonds. The van der Waals surface area contributed by atoms with E-state index in [1.165, 1.54) is 6.42 Å². The summed E-state index contributed by atoms with van der Waals surface area (Å²) in [6.07, 6.45) is 5.87. The number of pyridine rings is 1. The van der Waals surface area contributed by atoms with Crippen LogP contribution in [0.3, 0.4) is 0 Å². The lowest BCUT2D eigenvalue weighted by Gasteiger charge is -2.35. The van der Waals surface area contributed by atoms with E-state index in [0.29, 0.717) is 12.5 Å². The molecule has 1 fully saturated rings. The van der Waals surface area contributed by atoms with Gasteiger partial charge in [0.1, 0.15) is 5.52 Å². The van der Waals surface area contributed by atoms with Crippen LogP contribution < -0.4 is 10.2 Å². The van der Waals surface area contributed by atoms with Crippen LogP contribution in [0.4, 0.5) is 11.8 Å². The van der Waals surface area contributed by atoms with Crippen LogP contribution in [0.5, 0.6) is 0 Å². The Labute approximate surface area is 205 Å². The first-order valence-corrected chi connectivity index (χ1v) is 12.5. The molecule has 1 atom stereocenters. The van der Waals surface area contributed by atoms with E-state index in [4.69, 9.17) is 9.97 Å². The van der Waals surface area contributed by atoms with Gasteiger partial charge in [0.2, 0.25) is 5.95 Å². The first-order chi connectivity index (χ1) is 17.1. The van der Waals surface area contributed by atoms with Crippen molar-refractivity contribution in [1.82, 2.24) is 25.1 Å². The molecule has 1 aromatic carbocycles. The number of anilines is 2. The number of aromatic nitrogens is 5. The predicted octanol–water partition coefficient (Wildman–Crippen LogP) is 4.89. The largest absolute Gasteiger partial charge is 0.396 e. The monoisotopic (exact) mass is 471 g/mol. The molecule has 1 saturated heterocycles. The van der Waals surface area contributed by atoms with Crippen molar-refractivity contribution in [2.45, 2.75) is 58.0 Å². The van der Waals surface area contributed by atoms with Crippen molar-refractivity contribution in [3.63, 3.8) is 0 Å². The summed E-state index contributed by atoms with van der Waals surface area (Å²) in [6, 6.07) is 14.6. The van der Waals surface area contributed by atoms with Gasteiger partial charge in [-0.25, -0.2) is 4.98 Å². The Kier molecular flexibility index (Phi) is 6.90. The molecule has 8 heteroatoms. The van der Waals surface area contributed by atoms with Gasteiger partial charge >= 0.3 is 0 Å². The maximum Gasteiger partial charge on any atom is 0.228 e. The summed E-state index contributed by atoms with van der Waals surface area (Å²) in [7, 11) is 0. The number of hydrogen-bond acceptors (Lipinski definition) is 7. The zero-order chi connectivity index (χ0) is 24.2. The highest BCUT2D eigenvalue weighted by Gasteiger charge is 2.26. The molecule has 1 unspecified atom stereocenters. The standard InChI is InChI=1S/C27H33N7O/c1-18(2)23-24-25(33-32-23)26(31-27(30-24)34-15-6-4-7-21(34)13-16-35)29-17-19-9-11-20(12-10-19)22-8-3-5-14-28-22/h3,5,8-12,14,18,21,35H,4,6-7,13,15-17H2,1-2H3,(H,32,33)(H,29,30,31). The molecular formula is C27H33N7O. The molecule has 5 rings (SSSR count). The number of H-pyrrole nitrogens is 1. The van der Waals surface area contributed by atoms with Crippen molar-refractivity contribution in [3.8, 4) is 11.3 Å². The minimum Gasteiger partial charge on any atom is -0.396 e. The van der Waals surface area contributed by atoms with Crippen molar-refractivity contribution < 1.29 is 5.11 Å². The third kappa shape index (κ3) is 4.98. The number of rotatable bonds is 8. The Morgan fingerprint density at radius 1 is 1.09 bits per heavy atom. The van der Waals surface area contributed by atoms with Gasteiger partial charge in [-0.3, -0.25) is 10.1 Å². The molecule has 1 aliphatic heterocycles. The molecule has 3 aromatic heterocycles. The quantitative estimate of drug-likeness (QED) is 0.336. The molecule has 182 valence electrons. The first-order valence-electron chi connectivity index (χ1n) is 12.5. The zero-order valence-electron chi connectivity index (χ0n) is 20.4. The second-order valence-corrected chi connectivity index (χ2v) is 9.48. The lowest BCUT2D eigenvalue weighted by molar-refractivity contribution is 0.262. The lowest BCUT2D eigenvalue weighted by Crippen LogP contribution is -2.41. The molecular weight excluding hydrogens is 438 g/mol. The molecule has 35 heavy (non-hydrogen) atoms. The number of piperidine rings is 1. The van der Waals surface area contributed by atoms with E-state index < -0.39 is 0 Å². The maximum atomic E-state index is 9.60. The summed E-state index contributed by atoms with van der Waals surface area (Å²) in [5, 5.41) is 20.9. The van der Waals surface area contributed by atoms with Crippen LogP contribution >= 0.6 is 0 Å². The van der Waals surface area contributed by atoms with Crippen LogP contribution in [0.25, 0.3) is 22.3 Å². The topological polar surface area (TPSA) is 103 Å². The van der Waals surface area contributed by atoms with Gasteiger partial charge in [-0.15, -0.1) is 0 Å². The Morgan fingerprint density at radius 2 is 1.94 bits per heavy atom. The minimum absolute atomic E-state index is 0.173. The summed E-state index contributed by atoms with van der Waals surface area (Å²) in [5.74, 6) is 1.71. The number of aliphatic hydroxyl groups excluding tert-OH is 1. The Balaban J connectivity index is 1.43. The highest BCUT2D eigenvalue weighted by atomic mass is 16.3. The van der Waals surface area contributed by atoms with Crippen LogP contribution in [0.15, 0.2) is 48.7 Å². The molecule has 0 bridgehead atoms. The Morgan fingerprint density at radius 3 is 2.69 bits per heavy atom. The van der Waals surface area contributed by atoms with Crippen LogP contribution in [0.2, 0.25) is 0 Å². The van der Waals surface area contributed by atoms with Gasteiger partial charge in [-0.05, 0) is 49.3 Å². The summed E-state index contributed by atoms with van der Waals surface area (Å²) >= 11 is 0. The van der Waals surface area contributed by atoms with Crippen molar-refractivity contribution >= 4 is 22.8 Å². The molecule has 0 radical (unpaired) electrons. The molecule has 0 aliphatic carbocycles. The summed E-state index contributed by atoms with van der Waals surface area (Å²) in [5.41, 5.74) is 5.85. The SMILES string of the molecule is CC(C)c1[nH]nc2c(NCc3ccc(-c4ccccn4)cc3)nc(N3CCCCC3CCO)nc12. The number of hydrogen-bond donors (Lipinski definition) is 3. The molecule has 0 saturated carbocycles. The van der Waals surface area contributed by atoms with E-state index in [2.05, 4.69) is 63.5 Å². The van der Waals surface area contributed by atoms with Crippen molar-refractivity contribution in [2.24, 2.45) is 0 Å². The highest BCUT2D eigenvalue weighted by molar-refractivity contribution is 5.88. The fourth-order valence-corrected chi connectivity index (χ4v) is 4.79. The smallest absolute Gasteiger partial charge is 0.228 e. The Hall–Kier alpha value is -3.52. The average molecular weight is 472 g/mol. The van der Waals surface area contributed by atoms with E-state index in [-0.39, 0.29) is 18.6 Å². The third-order valence-corrected chi connectivity index (χ3v) is 6.71. The van der Waals surface area contributed by atoms with E-state index in [1.807, 2.05) is 24.4 Å². The predicted molar refractivity (Wildman–Crippen MR) is 139 cm³/mol. The summed E-state index contributed by atoms with van der Waals surface area (Å²) in [6.45, 7) is 5.98. The highest BCUT2D eigenvalue weighted by Crippen LogP contribution is 2.31. The Bertz CT molecular complexity index is 1250. The van der Waals surface area contributed by atoms with Gasteiger partial charge in [0, 0.05) is 37.5 Å². The van der Waals surface area contributed by atoms with E-state index in [0.717, 1.165) is 65.2 Å². The maximum absolute atomic E-state index is 9.60. The van der Waals surface area contributed by atoms with E-state index in [9.17, 15) is 5.11 Å². The van der Waals surface area contributed by atoms with Crippen LogP contribution in [-0.4, -0.2) is 49.4 Å². The normalized spacial score (nSPS) is 16.2. The molecule has 1 aliphatic rings. The van der Waals surface area contributed by atoms with Gasteiger partial charge in [0.15, 0.2) is 11.3 Å². The van der Waals surface area contributed by atoms with Crippen molar-refractivity contribution in [3.05, 3.63) is 59.9 Å². The number of nitrogens with one attached hydrogen (secondary N) is 2. The molecule has 4 heterocycles. The minimum atomic E-state index is 0.173. The van der Waals surface area contributed by atoms with Crippen LogP contribution in [0, 0.1) is 0 Å². The second kappa shape index (κ2) is 10.4. The van der Waals surface area contributed by atoms with Crippen molar-refractivity contribution in [1.29, 1.82) is 0 Å². The zero-order valence-corrected chi connectivity index (χ0v) is 20.4. The first kappa shape index (κ1) is 23.2. The van der Waals surface area contributed by atoms with E-state index in [1.54, 1.807) is 0 Å². The van der Waals surface area contributed by atoms with Crippen LogP contribution in [0.1, 0.15) is 56.7 Å². The fourth-order valence-electron chi connectivity index (χ4n) is 4.79. The molecule has 3 N–H and O–H groups in total. The number of benzene rings is 1. The summed E-state index contributed by atoms with van der Waals surface area (Å²) < 4.78 is 0. The third-order valence-electron chi connectivity index (χ3n) is 6.71. The number of aliphatic hydroxyl groups is 1. The van der Waals surface area contributed by atoms with Gasteiger partial charge in [0.25, 0.3) is 0 Å². The van der Waals surface area contributed by atoms with Gasteiger partial charge in [-0.1, -0.05) is 44.2 Å². The van der Waals surface area contributed by atoms with Crippen LogP contribution in [-0.2, 0) is 6.54 Å². The van der Waals surface area contributed by atoms with E-state index >= 15 is 0 Å². The average Bonchev–Trinajstić information content (AvgIpc) is 3.33. The van der Waals surface area contributed by atoms with Gasteiger partial charge < -0.3 is 15.3 Å². The molecule has 8 nitrogen and oxygen atoms in total. The van der Waals surface area contributed by atoms with Gasteiger partial charge in [-0.2, -0.15) is 10.1 Å². The fraction of sp³-hybridized carbons (Fsp3) is 0.407. The lowest BCUT2D eigenvalue weighted by atomic mass is 10.00. The van der Waals surface area contributed by atoms with Crippen molar-refractivity contribution in [2.75, 3.05) is 23.4 Å².